The molecule has 4 rings (SSSR count). The van der Waals surface area contributed by atoms with Crippen LogP contribution in [0.25, 0.3) is 15.4 Å². The number of hydrogen-bond acceptors (Lipinski definition) is 4. The second-order valence-electron chi connectivity index (χ2n) is 6.45. The standard InChI is InChI=1S/C19H21N3O2S/c1-24-15-9-5-6-13(10-15)17-12-22-11-16(21-19(22)25-17)18(23)20-14-7-3-2-4-8-14/h5-6,9-12,14H,2-4,7-8H2,1H3,(H,20,23). The van der Waals surface area contributed by atoms with E-state index in [-0.39, 0.29) is 5.91 Å². The number of hydrogen-bond donors (Lipinski definition) is 1. The van der Waals surface area contributed by atoms with Crippen molar-refractivity contribution in [1.82, 2.24) is 14.7 Å². The summed E-state index contributed by atoms with van der Waals surface area (Å²) < 4.78 is 7.21. The fraction of sp³-hybridized carbons (Fsp3) is 0.368. The highest BCUT2D eigenvalue weighted by Gasteiger charge is 2.19. The van der Waals surface area contributed by atoms with E-state index >= 15 is 0 Å². The van der Waals surface area contributed by atoms with Gasteiger partial charge in [0, 0.05) is 18.4 Å². The van der Waals surface area contributed by atoms with Crippen molar-refractivity contribution in [3.63, 3.8) is 0 Å². The van der Waals surface area contributed by atoms with Crippen molar-refractivity contribution in [1.29, 1.82) is 0 Å². The first-order valence-electron chi connectivity index (χ1n) is 8.67. The molecule has 1 aliphatic carbocycles. The summed E-state index contributed by atoms with van der Waals surface area (Å²) >= 11 is 1.57. The van der Waals surface area contributed by atoms with Gasteiger partial charge in [-0.25, -0.2) is 4.98 Å². The third-order valence-electron chi connectivity index (χ3n) is 4.68. The normalized spacial score (nSPS) is 15.4. The highest BCUT2D eigenvalue weighted by atomic mass is 32.1. The summed E-state index contributed by atoms with van der Waals surface area (Å²) in [5.41, 5.74) is 1.58. The summed E-state index contributed by atoms with van der Waals surface area (Å²) in [7, 11) is 1.66. The zero-order chi connectivity index (χ0) is 17.2. The van der Waals surface area contributed by atoms with Gasteiger partial charge in [-0.15, -0.1) is 0 Å². The first-order valence-corrected chi connectivity index (χ1v) is 9.48. The number of methoxy groups -OCH3 is 1. The van der Waals surface area contributed by atoms with E-state index < -0.39 is 0 Å². The Balaban J connectivity index is 1.53. The molecule has 0 saturated heterocycles. The Morgan fingerprint density at radius 3 is 2.88 bits per heavy atom. The fourth-order valence-corrected chi connectivity index (χ4v) is 4.28. The van der Waals surface area contributed by atoms with Gasteiger partial charge in [-0.3, -0.25) is 9.20 Å². The molecule has 1 aromatic carbocycles. The summed E-state index contributed by atoms with van der Waals surface area (Å²) in [5.74, 6) is 0.766. The minimum Gasteiger partial charge on any atom is -0.497 e. The average Bonchev–Trinajstić information content (AvgIpc) is 3.22. The van der Waals surface area contributed by atoms with Gasteiger partial charge in [0.25, 0.3) is 5.91 Å². The third-order valence-corrected chi connectivity index (χ3v) is 5.73. The highest BCUT2D eigenvalue weighted by Crippen LogP contribution is 2.30. The van der Waals surface area contributed by atoms with Crippen LogP contribution < -0.4 is 10.1 Å². The summed E-state index contributed by atoms with van der Waals surface area (Å²) in [6.07, 6.45) is 9.66. The van der Waals surface area contributed by atoms with Crippen LogP contribution in [0.4, 0.5) is 0 Å². The molecule has 2 aromatic heterocycles. The SMILES string of the molecule is COc1cccc(-c2cn3cc(C(=O)NC4CCCCC4)nc3s2)c1. The predicted octanol–water partition coefficient (Wildman–Crippen LogP) is 4.13. The van der Waals surface area contributed by atoms with Gasteiger partial charge in [0.05, 0.1) is 12.0 Å². The molecule has 0 radical (unpaired) electrons. The Morgan fingerprint density at radius 2 is 2.12 bits per heavy atom. The maximum absolute atomic E-state index is 12.4. The molecule has 0 unspecified atom stereocenters. The van der Waals surface area contributed by atoms with Crippen LogP contribution in [-0.4, -0.2) is 28.4 Å². The lowest BCUT2D eigenvalue weighted by atomic mass is 9.95. The van der Waals surface area contributed by atoms with E-state index in [1.807, 2.05) is 41.1 Å². The van der Waals surface area contributed by atoms with E-state index in [1.54, 1.807) is 18.4 Å². The van der Waals surface area contributed by atoms with Crippen LogP contribution in [0.1, 0.15) is 42.6 Å². The monoisotopic (exact) mass is 355 g/mol. The smallest absolute Gasteiger partial charge is 0.271 e. The molecule has 5 nitrogen and oxygen atoms in total. The topological polar surface area (TPSA) is 55.6 Å². The lowest BCUT2D eigenvalue weighted by Gasteiger charge is -2.22. The van der Waals surface area contributed by atoms with Crippen LogP contribution in [0.3, 0.4) is 0 Å². The van der Waals surface area contributed by atoms with E-state index in [0.717, 1.165) is 34.0 Å². The number of ether oxygens (including phenoxy) is 1. The summed E-state index contributed by atoms with van der Waals surface area (Å²) in [5, 5.41) is 3.12. The van der Waals surface area contributed by atoms with Gasteiger partial charge in [-0.2, -0.15) is 0 Å². The van der Waals surface area contributed by atoms with E-state index in [0.29, 0.717) is 11.7 Å². The van der Waals surface area contributed by atoms with Crippen molar-refractivity contribution < 1.29 is 9.53 Å². The Morgan fingerprint density at radius 1 is 1.28 bits per heavy atom. The number of carbonyl (C=O) groups excluding carboxylic acids is 1. The van der Waals surface area contributed by atoms with E-state index in [9.17, 15) is 4.79 Å². The van der Waals surface area contributed by atoms with Crippen molar-refractivity contribution in [3.05, 3.63) is 42.4 Å². The van der Waals surface area contributed by atoms with E-state index in [1.165, 1.54) is 19.3 Å². The van der Waals surface area contributed by atoms with Crippen molar-refractivity contribution in [3.8, 4) is 16.2 Å². The fourth-order valence-electron chi connectivity index (χ4n) is 3.32. The molecule has 1 N–H and O–H groups in total. The number of carbonyl (C=O) groups is 1. The lowest BCUT2D eigenvalue weighted by Crippen LogP contribution is -2.36. The molecule has 0 bridgehead atoms. The van der Waals surface area contributed by atoms with Gasteiger partial charge in [0.15, 0.2) is 4.96 Å². The molecule has 0 atom stereocenters. The van der Waals surface area contributed by atoms with Crippen LogP contribution >= 0.6 is 11.3 Å². The lowest BCUT2D eigenvalue weighted by molar-refractivity contribution is 0.0923. The summed E-state index contributed by atoms with van der Waals surface area (Å²) in [6.45, 7) is 0. The molecule has 1 fully saturated rings. The number of amides is 1. The quantitative estimate of drug-likeness (QED) is 0.765. The number of benzene rings is 1. The Labute approximate surface area is 150 Å². The van der Waals surface area contributed by atoms with Gasteiger partial charge in [0.2, 0.25) is 0 Å². The molecule has 1 aliphatic rings. The number of nitrogens with one attached hydrogen (secondary N) is 1. The zero-order valence-corrected chi connectivity index (χ0v) is 15.0. The molecule has 130 valence electrons. The van der Waals surface area contributed by atoms with Crippen molar-refractivity contribution in [2.24, 2.45) is 0 Å². The molecule has 6 heteroatoms. The van der Waals surface area contributed by atoms with Crippen LogP contribution in [-0.2, 0) is 0 Å². The minimum atomic E-state index is -0.0641. The molecule has 0 aliphatic heterocycles. The zero-order valence-electron chi connectivity index (χ0n) is 14.2. The average molecular weight is 355 g/mol. The Bertz CT molecular complexity index is 862. The number of imidazole rings is 1. The molecular weight excluding hydrogens is 334 g/mol. The Hall–Kier alpha value is -2.34. The third kappa shape index (κ3) is 3.39. The van der Waals surface area contributed by atoms with Crippen LogP contribution in [0.2, 0.25) is 0 Å². The Kier molecular flexibility index (Phi) is 4.44. The molecule has 25 heavy (non-hydrogen) atoms. The summed E-state index contributed by atoms with van der Waals surface area (Å²) in [4.78, 5) is 18.8. The van der Waals surface area contributed by atoms with Crippen LogP contribution in [0.5, 0.6) is 5.75 Å². The molecule has 1 amide bonds. The number of fused-ring (bicyclic) bond motifs is 1. The van der Waals surface area contributed by atoms with Gasteiger partial charge >= 0.3 is 0 Å². The van der Waals surface area contributed by atoms with Gasteiger partial charge < -0.3 is 10.1 Å². The minimum absolute atomic E-state index is 0.0641. The molecule has 3 aromatic rings. The number of aromatic nitrogens is 2. The first-order chi connectivity index (χ1) is 12.2. The van der Waals surface area contributed by atoms with Crippen molar-refractivity contribution in [2.45, 2.75) is 38.1 Å². The van der Waals surface area contributed by atoms with Gasteiger partial charge in [-0.1, -0.05) is 42.7 Å². The molecule has 1 saturated carbocycles. The number of thiazole rings is 1. The van der Waals surface area contributed by atoms with Gasteiger partial charge in [0.1, 0.15) is 11.4 Å². The molecular formula is C19H21N3O2S. The maximum Gasteiger partial charge on any atom is 0.271 e. The molecule has 2 heterocycles. The predicted molar refractivity (Wildman–Crippen MR) is 99.4 cm³/mol. The summed E-state index contributed by atoms with van der Waals surface area (Å²) in [6, 6.07) is 8.25. The highest BCUT2D eigenvalue weighted by molar-refractivity contribution is 7.20. The van der Waals surface area contributed by atoms with Crippen molar-refractivity contribution >= 4 is 22.2 Å². The maximum atomic E-state index is 12.4. The second-order valence-corrected chi connectivity index (χ2v) is 7.46. The first kappa shape index (κ1) is 16.1. The molecule has 0 spiro atoms. The number of rotatable bonds is 4. The van der Waals surface area contributed by atoms with Crippen LogP contribution in [0, 0.1) is 0 Å². The van der Waals surface area contributed by atoms with E-state index in [4.69, 9.17) is 4.74 Å². The van der Waals surface area contributed by atoms with Crippen molar-refractivity contribution in [2.75, 3.05) is 7.11 Å². The van der Waals surface area contributed by atoms with E-state index in [2.05, 4.69) is 10.3 Å². The van der Waals surface area contributed by atoms with Crippen LogP contribution in [0.15, 0.2) is 36.7 Å². The van der Waals surface area contributed by atoms with Gasteiger partial charge in [-0.05, 0) is 30.5 Å². The largest absolute Gasteiger partial charge is 0.497 e. The second kappa shape index (κ2) is 6.88. The number of nitrogens with zero attached hydrogens (tertiary/aromatic N) is 2.